The molecule has 8 heteroatoms. The van der Waals surface area contributed by atoms with Gasteiger partial charge in [0.1, 0.15) is 22.4 Å². The minimum Gasteiger partial charge on any atom is -0.497 e. The van der Waals surface area contributed by atoms with E-state index in [4.69, 9.17) is 9.47 Å². The van der Waals surface area contributed by atoms with E-state index in [1.165, 1.54) is 18.4 Å². The Kier molecular flexibility index (Phi) is 5.80. The fourth-order valence-corrected chi connectivity index (χ4v) is 4.24. The number of amides is 2. The highest BCUT2D eigenvalue weighted by molar-refractivity contribution is 7.16. The summed E-state index contributed by atoms with van der Waals surface area (Å²) in [4.78, 5) is 27.5. The van der Waals surface area contributed by atoms with Gasteiger partial charge in [-0.1, -0.05) is 6.07 Å². The van der Waals surface area contributed by atoms with Gasteiger partial charge in [-0.3, -0.25) is 4.79 Å². The average Bonchev–Trinajstić information content (AvgIpc) is 3.02. The van der Waals surface area contributed by atoms with Crippen LogP contribution in [0.3, 0.4) is 0 Å². The van der Waals surface area contributed by atoms with E-state index < -0.39 is 5.60 Å². The molecule has 0 saturated heterocycles. The van der Waals surface area contributed by atoms with Crippen molar-refractivity contribution < 1.29 is 19.1 Å². The summed E-state index contributed by atoms with van der Waals surface area (Å²) in [6, 6.07) is 9.01. The van der Waals surface area contributed by atoms with Crippen molar-refractivity contribution in [3.63, 3.8) is 0 Å². The van der Waals surface area contributed by atoms with Crippen LogP contribution in [0, 0.1) is 11.3 Å². The molecular formula is C21H23N3O4S. The summed E-state index contributed by atoms with van der Waals surface area (Å²) >= 11 is 1.32. The molecule has 1 aliphatic heterocycles. The van der Waals surface area contributed by atoms with Gasteiger partial charge in [0.15, 0.2) is 0 Å². The van der Waals surface area contributed by atoms with Gasteiger partial charge in [0, 0.05) is 17.0 Å². The first kappa shape index (κ1) is 20.7. The number of methoxy groups -OCH3 is 1. The van der Waals surface area contributed by atoms with Gasteiger partial charge in [0.25, 0.3) is 5.91 Å². The van der Waals surface area contributed by atoms with Gasteiger partial charge in [-0.15, -0.1) is 11.3 Å². The van der Waals surface area contributed by atoms with E-state index >= 15 is 0 Å². The number of fused-ring (bicyclic) bond motifs is 1. The molecule has 7 nitrogen and oxygen atoms in total. The van der Waals surface area contributed by atoms with Crippen molar-refractivity contribution in [2.45, 2.75) is 39.3 Å². The Morgan fingerprint density at radius 2 is 2.07 bits per heavy atom. The van der Waals surface area contributed by atoms with Crippen molar-refractivity contribution in [3.8, 4) is 11.8 Å². The normalized spacial score (nSPS) is 13.3. The van der Waals surface area contributed by atoms with Crippen LogP contribution < -0.4 is 10.1 Å². The molecule has 0 spiro atoms. The molecule has 0 unspecified atom stereocenters. The van der Waals surface area contributed by atoms with Crippen molar-refractivity contribution in [3.05, 3.63) is 45.8 Å². The standard InChI is InChI=1S/C21H23N3O4S/c1-21(2,3)28-20(26)24-9-8-15-16(11-22)19(29-17(15)12-24)23-18(25)13-6-5-7-14(10-13)27-4/h5-7,10H,8-9,12H2,1-4H3,(H,23,25). The van der Waals surface area contributed by atoms with E-state index in [0.29, 0.717) is 41.4 Å². The molecule has 2 heterocycles. The number of carbonyl (C=O) groups is 2. The van der Waals surface area contributed by atoms with Crippen LogP contribution in [0.25, 0.3) is 0 Å². The lowest BCUT2D eigenvalue weighted by molar-refractivity contribution is 0.0226. The minimum absolute atomic E-state index is 0.317. The predicted octanol–water partition coefficient (Wildman–Crippen LogP) is 4.17. The lowest BCUT2D eigenvalue weighted by Crippen LogP contribution is -2.39. The monoisotopic (exact) mass is 413 g/mol. The Morgan fingerprint density at radius 1 is 1.31 bits per heavy atom. The summed E-state index contributed by atoms with van der Waals surface area (Å²) in [6.45, 7) is 6.30. The second-order valence-electron chi connectivity index (χ2n) is 7.66. The summed E-state index contributed by atoms with van der Waals surface area (Å²) in [5.41, 5.74) is 1.22. The van der Waals surface area contributed by atoms with Crippen molar-refractivity contribution in [1.29, 1.82) is 5.26 Å². The first-order valence-corrected chi connectivity index (χ1v) is 10.0. The maximum atomic E-state index is 12.6. The molecule has 152 valence electrons. The Balaban J connectivity index is 1.80. The second-order valence-corrected chi connectivity index (χ2v) is 8.76. The number of rotatable bonds is 3. The molecule has 2 aromatic rings. The molecule has 0 saturated carbocycles. The highest BCUT2D eigenvalue weighted by atomic mass is 32.1. The number of nitrogens with one attached hydrogen (secondary N) is 1. The molecule has 1 aromatic carbocycles. The third kappa shape index (κ3) is 4.69. The molecule has 1 aromatic heterocycles. The number of nitriles is 1. The van der Waals surface area contributed by atoms with Crippen LogP contribution in [-0.4, -0.2) is 36.2 Å². The van der Waals surface area contributed by atoms with E-state index in [-0.39, 0.29) is 12.0 Å². The average molecular weight is 413 g/mol. The Morgan fingerprint density at radius 3 is 2.72 bits per heavy atom. The summed E-state index contributed by atoms with van der Waals surface area (Å²) < 4.78 is 10.6. The lowest BCUT2D eigenvalue weighted by Gasteiger charge is -2.29. The van der Waals surface area contributed by atoms with Crippen molar-refractivity contribution in [1.82, 2.24) is 4.90 Å². The molecule has 0 fully saturated rings. The summed E-state index contributed by atoms with van der Waals surface area (Å²) in [7, 11) is 1.54. The van der Waals surface area contributed by atoms with Crippen LogP contribution in [0.4, 0.5) is 9.80 Å². The highest BCUT2D eigenvalue weighted by Gasteiger charge is 2.30. The maximum Gasteiger partial charge on any atom is 0.410 e. The third-order valence-electron chi connectivity index (χ3n) is 4.38. The molecule has 1 aliphatic rings. The lowest BCUT2D eigenvalue weighted by atomic mass is 10.0. The van der Waals surface area contributed by atoms with Gasteiger partial charge in [-0.25, -0.2) is 4.79 Å². The summed E-state index contributed by atoms with van der Waals surface area (Å²) in [5.74, 6) is 0.264. The predicted molar refractivity (Wildman–Crippen MR) is 110 cm³/mol. The number of carbonyl (C=O) groups excluding carboxylic acids is 2. The number of anilines is 1. The molecule has 0 aliphatic carbocycles. The molecular weight excluding hydrogens is 390 g/mol. The van der Waals surface area contributed by atoms with Crippen molar-refractivity contribution in [2.75, 3.05) is 19.0 Å². The van der Waals surface area contributed by atoms with E-state index in [1.807, 2.05) is 20.8 Å². The largest absolute Gasteiger partial charge is 0.497 e. The number of nitrogens with zero attached hydrogens (tertiary/aromatic N) is 2. The fraction of sp³-hybridized carbons (Fsp3) is 0.381. The molecule has 0 radical (unpaired) electrons. The highest BCUT2D eigenvalue weighted by Crippen LogP contribution is 2.37. The Bertz CT molecular complexity index is 985. The number of ether oxygens (including phenoxy) is 2. The minimum atomic E-state index is -0.569. The SMILES string of the molecule is COc1cccc(C(=O)Nc2sc3c(c2C#N)CCN(C(=O)OC(C)(C)C)C3)c1. The molecule has 2 amide bonds. The zero-order valence-corrected chi connectivity index (χ0v) is 17.7. The number of hydrogen-bond donors (Lipinski definition) is 1. The summed E-state index contributed by atoms with van der Waals surface area (Å²) in [5, 5.41) is 13.0. The fourth-order valence-electron chi connectivity index (χ4n) is 3.03. The summed E-state index contributed by atoms with van der Waals surface area (Å²) in [6.07, 6.45) is 0.167. The third-order valence-corrected chi connectivity index (χ3v) is 5.51. The smallest absolute Gasteiger partial charge is 0.410 e. The second kappa shape index (κ2) is 8.13. The Labute approximate surface area is 173 Å². The number of hydrogen-bond acceptors (Lipinski definition) is 6. The first-order valence-electron chi connectivity index (χ1n) is 9.20. The van der Waals surface area contributed by atoms with E-state index in [2.05, 4.69) is 11.4 Å². The zero-order chi connectivity index (χ0) is 21.2. The van der Waals surface area contributed by atoms with Gasteiger partial charge >= 0.3 is 6.09 Å². The van der Waals surface area contributed by atoms with E-state index in [9.17, 15) is 14.9 Å². The van der Waals surface area contributed by atoms with E-state index in [1.54, 1.807) is 29.2 Å². The van der Waals surface area contributed by atoms with Crippen LogP contribution in [0.5, 0.6) is 5.75 Å². The molecule has 29 heavy (non-hydrogen) atoms. The van der Waals surface area contributed by atoms with E-state index in [0.717, 1.165) is 10.4 Å². The van der Waals surface area contributed by atoms with Crippen LogP contribution in [0.1, 0.15) is 47.1 Å². The zero-order valence-electron chi connectivity index (χ0n) is 16.9. The van der Waals surface area contributed by atoms with Crippen LogP contribution in [-0.2, 0) is 17.7 Å². The Hall–Kier alpha value is -3.05. The quantitative estimate of drug-likeness (QED) is 0.815. The van der Waals surface area contributed by atoms with Gasteiger partial charge in [0.2, 0.25) is 0 Å². The van der Waals surface area contributed by atoms with Crippen molar-refractivity contribution in [2.24, 2.45) is 0 Å². The molecule has 1 N–H and O–H groups in total. The van der Waals surface area contributed by atoms with Crippen LogP contribution in [0.15, 0.2) is 24.3 Å². The molecule has 0 bridgehead atoms. The van der Waals surface area contributed by atoms with Gasteiger partial charge in [-0.05, 0) is 51.0 Å². The van der Waals surface area contributed by atoms with Crippen molar-refractivity contribution >= 4 is 28.3 Å². The number of benzene rings is 1. The molecule has 0 atom stereocenters. The van der Waals surface area contributed by atoms with Crippen LogP contribution in [0.2, 0.25) is 0 Å². The first-order chi connectivity index (χ1) is 13.7. The van der Waals surface area contributed by atoms with Crippen LogP contribution >= 0.6 is 11.3 Å². The number of thiophene rings is 1. The molecule has 3 rings (SSSR count). The van der Waals surface area contributed by atoms with Gasteiger partial charge in [0.05, 0.1) is 19.2 Å². The van der Waals surface area contributed by atoms with Gasteiger partial charge in [-0.2, -0.15) is 5.26 Å². The topological polar surface area (TPSA) is 91.7 Å². The van der Waals surface area contributed by atoms with Gasteiger partial charge < -0.3 is 19.7 Å². The maximum absolute atomic E-state index is 12.6.